The maximum Gasteiger partial charge on any atom is 0.0925 e. The van der Waals surface area contributed by atoms with Crippen LogP contribution >= 0.6 is 11.3 Å². The van der Waals surface area contributed by atoms with Gasteiger partial charge in [0.25, 0.3) is 0 Å². The maximum absolute atomic E-state index is 4.36. The SMILES string of the molecule is CCc1ncc(CNc2ccc(C(C)C)cc2)s1. The Morgan fingerprint density at radius 1 is 1.22 bits per heavy atom. The molecule has 0 saturated carbocycles. The molecule has 0 unspecified atom stereocenters. The first-order valence-electron chi connectivity index (χ1n) is 6.46. The molecule has 2 nitrogen and oxygen atoms in total. The fraction of sp³-hybridized carbons (Fsp3) is 0.400. The molecule has 0 fully saturated rings. The number of nitrogens with one attached hydrogen (secondary N) is 1. The Kier molecular flexibility index (Phi) is 4.37. The molecule has 1 N–H and O–H groups in total. The Labute approximate surface area is 113 Å². The molecule has 96 valence electrons. The van der Waals surface area contributed by atoms with Gasteiger partial charge in [-0.3, -0.25) is 0 Å². The van der Waals surface area contributed by atoms with Gasteiger partial charge in [0.2, 0.25) is 0 Å². The van der Waals surface area contributed by atoms with E-state index >= 15 is 0 Å². The predicted octanol–water partition coefficient (Wildman–Crippen LogP) is 4.44. The van der Waals surface area contributed by atoms with Crippen molar-refractivity contribution in [2.75, 3.05) is 5.32 Å². The van der Waals surface area contributed by atoms with E-state index in [1.54, 1.807) is 11.3 Å². The summed E-state index contributed by atoms with van der Waals surface area (Å²) >= 11 is 1.79. The highest BCUT2D eigenvalue weighted by atomic mass is 32.1. The second-order valence-electron chi connectivity index (χ2n) is 4.70. The molecule has 0 aliphatic heterocycles. The van der Waals surface area contributed by atoms with Crippen molar-refractivity contribution >= 4 is 17.0 Å². The molecule has 3 heteroatoms. The first-order chi connectivity index (χ1) is 8.69. The van der Waals surface area contributed by atoms with Gasteiger partial charge in [0, 0.05) is 16.8 Å². The molecule has 0 spiro atoms. The van der Waals surface area contributed by atoms with Gasteiger partial charge < -0.3 is 5.32 Å². The molecular weight excluding hydrogens is 240 g/mol. The van der Waals surface area contributed by atoms with E-state index in [1.807, 2.05) is 6.20 Å². The third-order valence-electron chi connectivity index (χ3n) is 2.95. The molecule has 0 aliphatic carbocycles. The highest BCUT2D eigenvalue weighted by Gasteiger charge is 2.01. The van der Waals surface area contributed by atoms with E-state index in [9.17, 15) is 0 Å². The van der Waals surface area contributed by atoms with E-state index in [0.29, 0.717) is 5.92 Å². The average molecular weight is 260 g/mol. The number of nitrogens with zero attached hydrogens (tertiary/aromatic N) is 1. The number of hydrogen-bond acceptors (Lipinski definition) is 3. The number of benzene rings is 1. The van der Waals surface area contributed by atoms with Gasteiger partial charge in [-0.05, 0) is 30.0 Å². The molecule has 0 atom stereocenters. The first-order valence-corrected chi connectivity index (χ1v) is 7.28. The zero-order valence-electron chi connectivity index (χ0n) is 11.2. The Morgan fingerprint density at radius 3 is 2.50 bits per heavy atom. The molecule has 1 aromatic carbocycles. The van der Waals surface area contributed by atoms with E-state index in [1.165, 1.54) is 21.1 Å². The molecule has 18 heavy (non-hydrogen) atoms. The van der Waals surface area contributed by atoms with Crippen molar-refractivity contribution in [2.45, 2.75) is 39.7 Å². The number of rotatable bonds is 5. The van der Waals surface area contributed by atoms with E-state index in [4.69, 9.17) is 0 Å². The van der Waals surface area contributed by atoms with Crippen LogP contribution in [0.25, 0.3) is 0 Å². The van der Waals surface area contributed by atoms with Crippen LogP contribution in [0.4, 0.5) is 5.69 Å². The lowest BCUT2D eigenvalue weighted by molar-refractivity contribution is 0.867. The second kappa shape index (κ2) is 6.01. The van der Waals surface area contributed by atoms with Crippen molar-refractivity contribution in [1.29, 1.82) is 0 Å². The van der Waals surface area contributed by atoms with Gasteiger partial charge >= 0.3 is 0 Å². The summed E-state index contributed by atoms with van der Waals surface area (Å²) in [5.74, 6) is 0.590. The lowest BCUT2D eigenvalue weighted by Gasteiger charge is -2.08. The van der Waals surface area contributed by atoms with Gasteiger partial charge in [-0.2, -0.15) is 0 Å². The minimum absolute atomic E-state index is 0.590. The fourth-order valence-electron chi connectivity index (χ4n) is 1.77. The van der Waals surface area contributed by atoms with Gasteiger partial charge in [-0.25, -0.2) is 4.98 Å². The lowest BCUT2D eigenvalue weighted by atomic mass is 10.0. The first kappa shape index (κ1) is 13.1. The van der Waals surface area contributed by atoms with Gasteiger partial charge in [-0.1, -0.05) is 32.9 Å². The molecule has 2 rings (SSSR count). The molecule has 1 aromatic heterocycles. The van der Waals surface area contributed by atoms with Crippen LogP contribution in [0.1, 0.15) is 42.1 Å². The lowest BCUT2D eigenvalue weighted by Crippen LogP contribution is -1.97. The van der Waals surface area contributed by atoms with Crippen molar-refractivity contribution in [3.05, 3.63) is 45.9 Å². The summed E-state index contributed by atoms with van der Waals surface area (Å²) in [4.78, 5) is 5.65. The molecule has 0 bridgehead atoms. The van der Waals surface area contributed by atoms with Crippen LogP contribution in [0.3, 0.4) is 0 Å². The normalized spacial score (nSPS) is 10.9. The summed E-state index contributed by atoms with van der Waals surface area (Å²) in [6.45, 7) is 7.43. The van der Waals surface area contributed by atoms with Crippen LogP contribution in [0.2, 0.25) is 0 Å². The van der Waals surface area contributed by atoms with Crippen LogP contribution in [0.15, 0.2) is 30.5 Å². The van der Waals surface area contributed by atoms with Gasteiger partial charge in [0.05, 0.1) is 11.6 Å². The van der Waals surface area contributed by atoms with Crippen molar-refractivity contribution in [3.8, 4) is 0 Å². The highest BCUT2D eigenvalue weighted by molar-refractivity contribution is 7.11. The second-order valence-corrected chi connectivity index (χ2v) is 5.90. The Balaban J connectivity index is 1.93. The Bertz CT molecular complexity index is 485. The summed E-state index contributed by atoms with van der Waals surface area (Å²) in [6, 6.07) is 8.68. The zero-order valence-corrected chi connectivity index (χ0v) is 12.1. The van der Waals surface area contributed by atoms with Gasteiger partial charge in [-0.15, -0.1) is 11.3 Å². The largest absolute Gasteiger partial charge is 0.380 e. The monoisotopic (exact) mass is 260 g/mol. The van der Waals surface area contributed by atoms with Crippen molar-refractivity contribution < 1.29 is 0 Å². The molecule has 2 aromatic rings. The third kappa shape index (κ3) is 3.33. The highest BCUT2D eigenvalue weighted by Crippen LogP contribution is 2.19. The minimum Gasteiger partial charge on any atom is -0.380 e. The Hall–Kier alpha value is -1.35. The predicted molar refractivity (Wildman–Crippen MR) is 79.3 cm³/mol. The summed E-state index contributed by atoms with van der Waals surface area (Å²) < 4.78 is 0. The van der Waals surface area contributed by atoms with Crippen LogP contribution in [-0.4, -0.2) is 4.98 Å². The number of anilines is 1. The quantitative estimate of drug-likeness (QED) is 0.859. The summed E-state index contributed by atoms with van der Waals surface area (Å²) in [5, 5.41) is 4.65. The number of thiazole rings is 1. The summed E-state index contributed by atoms with van der Waals surface area (Å²) in [7, 11) is 0. The van der Waals surface area contributed by atoms with Crippen molar-refractivity contribution in [1.82, 2.24) is 4.98 Å². The average Bonchev–Trinajstić information content (AvgIpc) is 2.85. The van der Waals surface area contributed by atoms with Gasteiger partial charge in [0.1, 0.15) is 0 Å². The molecular formula is C15H20N2S. The molecule has 0 saturated heterocycles. The standard InChI is InChI=1S/C15H20N2S/c1-4-15-17-10-14(18-15)9-16-13-7-5-12(6-8-13)11(2)3/h5-8,10-11,16H,4,9H2,1-3H3. The van der Waals surface area contributed by atoms with Crippen LogP contribution < -0.4 is 5.32 Å². The van der Waals surface area contributed by atoms with E-state index in [2.05, 4.69) is 55.3 Å². The fourth-order valence-corrected chi connectivity index (χ4v) is 2.57. The summed E-state index contributed by atoms with van der Waals surface area (Å²) in [5.41, 5.74) is 2.55. The van der Waals surface area contributed by atoms with Crippen LogP contribution in [0.5, 0.6) is 0 Å². The van der Waals surface area contributed by atoms with Gasteiger partial charge in [0.15, 0.2) is 0 Å². The third-order valence-corrected chi connectivity index (χ3v) is 4.09. The minimum atomic E-state index is 0.590. The molecule has 1 heterocycles. The van der Waals surface area contributed by atoms with Crippen LogP contribution in [0, 0.1) is 0 Å². The smallest absolute Gasteiger partial charge is 0.0925 e. The number of hydrogen-bond donors (Lipinski definition) is 1. The maximum atomic E-state index is 4.36. The van der Waals surface area contributed by atoms with Crippen molar-refractivity contribution in [2.24, 2.45) is 0 Å². The number of aromatic nitrogens is 1. The van der Waals surface area contributed by atoms with E-state index in [0.717, 1.165) is 13.0 Å². The Morgan fingerprint density at radius 2 is 1.94 bits per heavy atom. The van der Waals surface area contributed by atoms with E-state index < -0.39 is 0 Å². The topological polar surface area (TPSA) is 24.9 Å². The number of aryl methyl sites for hydroxylation is 1. The summed E-state index contributed by atoms with van der Waals surface area (Å²) in [6.07, 6.45) is 2.99. The van der Waals surface area contributed by atoms with Crippen LogP contribution in [-0.2, 0) is 13.0 Å². The van der Waals surface area contributed by atoms with Crippen molar-refractivity contribution in [3.63, 3.8) is 0 Å². The van der Waals surface area contributed by atoms with E-state index in [-0.39, 0.29) is 0 Å². The zero-order chi connectivity index (χ0) is 13.0. The molecule has 0 radical (unpaired) electrons. The molecule has 0 aliphatic rings. The molecule has 0 amide bonds.